The maximum Gasteiger partial charge on any atom is 0.193 e. The lowest BCUT2D eigenvalue weighted by molar-refractivity contribution is 0.417. The number of hydrogen-bond acceptors (Lipinski definition) is 4. The maximum atomic E-state index is 5.98. The van der Waals surface area contributed by atoms with Crippen molar-refractivity contribution in [2.75, 3.05) is 30.4 Å². The van der Waals surface area contributed by atoms with Crippen LogP contribution in [0.15, 0.2) is 47.6 Å². The number of anilines is 2. The Kier molecular flexibility index (Phi) is 7.96. The van der Waals surface area contributed by atoms with Crippen molar-refractivity contribution in [1.29, 1.82) is 0 Å². The van der Waals surface area contributed by atoms with E-state index in [0.717, 1.165) is 35.9 Å². The van der Waals surface area contributed by atoms with Gasteiger partial charge in [0, 0.05) is 19.3 Å². The summed E-state index contributed by atoms with van der Waals surface area (Å²) in [7, 11) is 1.63. The van der Waals surface area contributed by atoms with Crippen LogP contribution in [0.4, 0.5) is 11.5 Å². The highest BCUT2D eigenvalue weighted by Gasteiger charge is 2.11. The Morgan fingerprint density at radius 3 is 2.65 bits per heavy atom. The van der Waals surface area contributed by atoms with E-state index >= 15 is 0 Å². The lowest BCUT2D eigenvalue weighted by atomic mass is 10.1. The van der Waals surface area contributed by atoms with Crippen LogP contribution in [-0.2, 0) is 6.54 Å². The Morgan fingerprint density at radius 1 is 1.19 bits per heavy atom. The highest BCUT2D eigenvalue weighted by atomic mass is 127. The number of rotatable bonds is 5. The van der Waals surface area contributed by atoms with Gasteiger partial charge in [0.05, 0.1) is 19.3 Å². The van der Waals surface area contributed by atoms with E-state index in [1.165, 1.54) is 19.3 Å². The second-order valence-corrected chi connectivity index (χ2v) is 6.10. The molecule has 0 saturated carbocycles. The van der Waals surface area contributed by atoms with Crippen LogP contribution in [0.25, 0.3) is 0 Å². The van der Waals surface area contributed by atoms with E-state index in [0.29, 0.717) is 12.5 Å². The largest absolute Gasteiger partial charge is 0.495 e. The molecule has 6 nitrogen and oxygen atoms in total. The van der Waals surface area contributed by atoms with E-state index in [-0.39, 0.29) is 24.0 Å². The molecule has 0 radical (unpaired) electrons. The van der Waals surface area contributed by atoms with E-state index in [9.17, 15) is 0 Å². The first-order valence-electron chi connectivity index (χ1n) is 8.66. The van der Waals surface area contributed by atoms with E-state index < -0.39 is 0 Å². The standard InChI is InChI=1S/C19H25N5O.HI/c1-25-17-8-4-3-7-16(17)23-19(20)22-14-15-9-10-18(21-13-15)24-11-5-2-6-12-24;/h3-4,7-10,13H,2,5-6,11-12,14H2,1H3,(H3,20,22,23);1H. The minimum atomic E-state index is 0. The molecule has 0 bridgehead atoms. The van der Waals surface area contributed by atoms with E-state index in [4.69, 9.17) is 10.5 Å². The van der Waals surface area contributed by atoms with Crippen LogP contribution in [0.2, 0.25) is 0 Å². The Labute approximate surface area is 171 Å². The lowest BCUT2D eigenvalue weighted by Crippen LogP contribution is -2.30. The number of hydrogen-bond donors (Lipinski definition) is 2. The number of aliphatic imine (C=N–C) groups is 1. The average molecular weight is 467 g/mol. The van der Waals surface area contributed by atoms with Gasteiger partial charge >= 0.3 is 0 Å². The number of nitrogens with two attached hydrogens (primary N) is 1. The van der Waals surface area contributed by atoms with Gasteiger partial charge < -0.3 is 20.7 Å². The predicted octanol–water partition coefficient (Wildman–Crippen LogP) is 3.63. The zero-order chi connectivity index (χ0) is 17.5. The number of aromatic nitrogens is 1. The molecule has 1 aromatic heterocycles. The number of nitrogens with zero attached hydrogens (tertiary/aromatic N) is 3. The van der Waals surface area contributed by atoms with Gasteiger partial charge in [-0.05, 0) is 43.0 Å². The first kappa shape index (κ1) is 20.3. The van der Waals surface area contributed by atoms with Gasteiger partial charge in [-0.2, -0.15) is 0 Å². The molecule has 0 unspecified atom stereocenters. The fraction of sp³-hybridized carbons (Fsp3) is 0.368. The quantitative estimate of drug-likeness (QED) is 0.399. The SMILES string of the molecule is COc1ccccc1NC(N)=NCc1ccc(N2CCCCC2)nc1.I. The molecular formula is C19H26IN5O. The zero-order valence-electron chi connectivity index (χ0n) is 15.0. The highest BCUT2D eigenvalue weighted by Crippen LogP contribution is 2.22. The molecule has 7 heteroatoms. The van der Waals surface area contributed by atoms with Crippen LogP contribution in [0, 0.1) is 0 Å². The molecule has 0 amide bonds. The third-order valence-electron chi connectivity index (χ3n) is 4.29. The first-order chi connectivity index (χ1) is 12.3. The summed E-state index contributed by atoms with van der Waals surface area (Å²) in [5.41, 5.74) is 7.81. The fourth-order valence-corrected chi connectivity index (χ4v) is 2.92. The molecule has 0 spiro atoms. The molecule has 140 valence electrons. The summed E-state index contributed by atoms with van der Waals surface area (Å²) in [5, 5.41) is 3.07. The molecule has 3 rings (SSSR count). The minimum Gasteiger partial charge on any atom is -0.495 e. The van der Waals surface area contributed by atoms with Gasteiger partial charge in [0.1, 0.15) is 11.6 Å². The van der Waals surface area contributed by atoms with Crippen molar-refractivity contribution in [2.45, 2.75) is 25.8 Å². The average Bonchev–Trinajstić information content (AvgIpc) is 2.68. The third kappa shape index (κ3) is 5.48. The van der Waals surface area contributed by atoms with Crippen molar-refractivity contribution < 1.29 is 4.74 Å². The van der Waals surface area contributed by atoms with E-state index in [1.54, 1.807) is 7.11 Å². The van der Waals surface area contributed by atoms with Crippen LogP contribution in [0.1, 0.15) is 24.8 Å². The lowest BCUT2D eigenvalue weighted by Gasteiger charge is -2.27. The van der Waals surface area contributed by atoms with Crippen molar-refractivity contribution in [3.05, 3.63) is 48.2 Å². The van der Waals surface area contributed by atoms with E-state index in [2.05, 4.69) is 32.3 Å². The number of nitrogens with one attached hydrogen (secondary N) is 1. The van der Waals surface area contributed by atoms with E-state index in [1.807, 2.05) is 30.5 Å². The van der Waals surface area contributed by atoms with Crippen molar-refractivity contribution in [3.8, 4) is 5.75 Å². The van der Waals surface area contributed by atoms with Gasteiger partial charge in [-0.25, -0.2) is 9.98 Å². The van der Waals surface area contributed by atoms with Gasteiger partial charge in [0.15, 0.2) is 5.96 Å². The topological polar surface area (TPSA) is 75.8 Å². The summed E-state index contributed by atoms with van der Waals surface area (Å²) < 4.78 is 5.29. The predicted molar refractivity (Wildman–Crippen MR) is 118 cm³/mol. The molecule has 1 aliphatic heterocycles. The second kappa shape index (κ2) is 10.2. The number of ether oxygens (including phenoxy) is 1. The fourth-order valence-electron chi connectivity index (χ4n) is 2.92. The van der Waals surface area contributed by atoms with Gasteiger partial charge in [-0.1, -0.05) is 18.2 Å². The van der Waals surface area contributed by atoms with Crippen LogP contribution in [0.3, 0.4) is 0 Å². The maximum absolute atomic E-state index is 5.98. The normalized spacial score (nSPS) is 14.5. The smallest absolute Gasteiger partial charge is 0.193 e. The van der Waals surface area contributed by atoms with Gasteiger partial charge in [-0.15, -0.1) is 24.0 Å². The molecule has 2 heterocycles. The molecule has 0 aliphatic carbocycles. The third-order valence-corrected chi connectivity index (χ3v) is 4.29. The van der Waals surface area contributed by atoms with Gasteiger partial charge in [-0.3, -0.25) is 0 Å². The first-order valence-corrected chi connectivity index (χ1v) is 8.66. The van der Waals surface area contributed by atoms with Gasteiger partial charge in [0.2, 0.25) is 0 Å². The van der Waals surface area contributed by atoms with Crippen LogP contribution in [-0.4, -0.2) is 31.1 Å². The van der Waals surface area contributed by atoms with Crippen molar-refractivity contribution in [2.24, 2.45) is 10.7 Å². The number of benzene rings is 1. The van der Waals surface area contributed by atoms with Gasteiger partial charge in [0.25, 0.3) is 0 Å². The molecule has 2 aromatic rings. The minimum absolute atomic E-state index is 0. The number of guanidine groups is 1. The summed E-state index contributed by atoms with van der Waals surface area (Å²) in [4.78, 5) is 11.3. The molecular weight excluding hydrogens is 441 g/mol. The van der Waals surface area contributed by atoms with Crippen LogP contribution < -0.4 is 20.7 Å². The Hall–Kier alpha value is -2.03. The highest BCUT2D eigenvalue weighted by molar-refractivity contribution is 14.0. The molecule has 26 heavy (non-hydrogen) atoms. The summed E-state index contributed by atoms with van der Waals surface area (Å²) in [6, 6.07) is 11.7. The summed E-state index contributed by atoms with van der Waals surface area (Å²) in [6.45, 7) is 2.68. The summed E-state index contributed by atoms with van der Waals surface area (Å²) in [5.74, 6) is 2.13. The number of para-hydroxylation sites is 2. The van der Waals surface area contributed by atoms with Crippen molar-refractivity contribution >= 4 is 41.4 Å². The van der Waals surface area contributed by atoms with Crippen molar-refractivity contribution in [3.63, 3.8) is 0 Å². The van der Waals surface area contributed by atoms with Crippen LogP contribution in [0.5, 0.6) is 5.75 Å². The molecule has 0 atom stereocenters. The Bertz CT molecular complexity index is 714. The Balaban J connectivity index is 0.00000243. The van der Waals surface area contributed by atoms with Crippen LogP contribution >= 0.6 is 24.0 Å². The monoisotopic (exact) mass is 467 g/mol. The molecule has 1 fully saturated rings. The molecule has 1 aliphatic rings. The van der Waals surface area contributed by atoms with Crippen molar-refractivity contribution in [1.82, 2.24) is 4.98 Å². The summed E-state index contributed by atoms with van der Waals surface area (Å²) in [6.07, 6.45) is 5.70. The molecule has 3 N–H and O–H groups in total. The summed E-state index contributed by atoms with van der Waals surface area (Å²) >= 11 is 0. The second-order valence-electron chi connectivity index (χ2n) is 6.10. The number of pyridine rings is 1. The number of piperidine rings is 1. The molecule has 1 saturated heterocycles. The molecule has 1 aromatic carbocycles. The number of methoxy groups -OCH3 is 1. The number of halogens is 1. The zero-order valence-corrected chi connectivity index (χ0v) is 17.3. The Morgan fingerprint density at radius 2 is 1.96 bits per heavy atom.